The fourth-order valence-electron chi connectivity index (χ4n) is 3.94. The van der Waals surface area contributed by atoms with Gasteiger partial charge in [-0.2, -0.15) is 0 Å². The van der Waals surface area contributed by atoms with Gasteiger partial charge < -0.3 is 9.30 Å². The molecule has 0 aliphatic heterocycles. The molecular weight excluding hydrogens is 418 g/mol. The van der Waals surface area contributed by atoms with Gasteiger partial charge in [0.15, 0.2) is 0 Å². The molecule has 0 unspecified atom stereocenters. The van der Waals surface area contributed by atoms with Gasteiger partial charge in [0.2, 0.25) is 5.91 Å². The second kappa shape index (κ2) is 9.20. The maximum Gasteiger partial charge on any atom is 0.246 e. The van der Waals surface area contributed by atoms with Gasteiger partial charge in [-0.3, -0.25) is 4.79 Å². The summed E-state index contributed by atoms with van der Waals surface area (Å²) in [5, 5.41) is 0. The average molecular weight is 444 g/mol. The Morgan fingerprint density at radius 3 is 2.06 bits per heavy atom. The third-order valence-electron chi connectivity index (χ3n) is 5.81. The molecule has 5 aromatic rings. The number of nitrogens with zero attached hydrogens (tertiary/aromatic N) is 3. The lowest BCUT2D eigenvalue weighted by Gasteiger charge is -2.09. The fraction of sp³-hybridized carbons (Fsp3) is 0.0667. The molecule has 0 fully saturated rings. The fourth-order valence-corrected chi connectivity index (χ4v) is 3.94. The predicted molar refractivity (Wildman–Crippen MR) is 139 cm³/mol. The summed E-state index contributed by atoms with van der Waals surface area (Å²) in [7, 11) is 3.48. The summed E-state index contributed by atoms with van der Waals surface area (Å²) >= 11 is 0. The summed E-state index contributed by atoms with van der Waals surface area (Å²) in [6, 6.07) is 31.1. The van der Waals surface area contributed by atoms with Crippen molar-refractivity contribution in [3.8, 4) is 33.5 Å². The molecule has 0 saturated heterocycles. The number of imidazole rings is 1. The molecule has 2 heterocycles. The lowest BCUT2D eigenvalue weighted by Crippen LogP contribution is -2.18. The summed E-state index contributed by atoms with van der Waals surface area (Å²) in [4.78, 5) is 18.4. The molecule has 0 atom stereocenters. The molecule has 2 aromatic heterocycles. The topological polar surface area (TPSA) is 37.6 Å². The monoisotopic (exact) mass is 443 g/mol. The van der Waals surface area contributed by atoms with Crippen molar-refractivity contribution in [2.45, 2.75) is 0 Å². The quantitative estimate of drug-likeness (QED) is 0.293. The van der Waals surface area contributed by atoms with Gasteiger partial charge in [0.05, 0.1) is 5.69 Å². The Morgan fingerprint density at radius 1 is 0.765 bits per heavy atom. The van der Waals surface area contributed by atoms with Crippen LogP contribution in [0.5, 0.6) is 0 Å². The minimum absolute atomic E-state index is 0.0351. The van der Waals surface area contributed by atoms with E-state index in [9.17, 15) is 4.79 Å². The Bertz CT molecular complexity index is 1460. The largest absolute Gasteiger partial charge is 0.345 e. The molecule has 3 aromatic carbocycles. The van der Waals surface area contributed by atoms with E-state index in [-0.39, 0.29) is 5.91 Å². The second-order valence-electron chi connectivity index (χ2n) is 8.42. The first-order valence-corrected chi connectivity index (χ1v) is 11.2. The zero-order valence-corrected chi connectivity index (χ0v) is 19.2. The molecule has 0 aliphatic rings. The van der Waals surface area contributed by atoms with Crippen molar-refractivity contribution < 1.29 is 4.79 Å². The van der Waals surface area contributed by atoms with Crippen molar-refractivity contribution in [3.05, 3.63) is 115 Å². The Hall–Kier alpha value is -4.44. The molecular formula is C30H25N3O. The van der Waals surface area contributed by atoms with Crippen LogP contribution in [0.3, 0.4) is 0 Å². The number of pyridine rings is 1. The zero-order chi connectivity index (χ0) is 23.5. The molecule has 0 aliphatic carbocycles. The zero-order valence-electron chi connectivity index (χ0n) is 19.2. The van der Waals surface area contributed by atoms with Gasteiger partial charge in [0.1, 0.15) is 5.65 Å². The predicted octanol–water partition coefficient (Wildman–Crippen LogP) is 6.44. The summed E-state index contributed by atoms with van der Waals surface area (Å²) in [6.45, 7) is 0. The van der Waals surface area contributed by atoms with Crippen LogP contribution in [0.25, 0.3) is 45.2 Å². The van der Waals surface area contributed by atoms with Gasteiger partial charge in [0, 0.05) is 43.7 Å². The summed E-state index contributed by atoms with van der Waals surface area (Å²) < 4.78 is 2.11. The van der Waals surface area contributed by atoms with Crippen LogP contribution < -0.4 is 0 Å². The molecule has 5 rings (SSSR count). The smallest absolute Gasteiger partial charge is 0.246 e. The molecule has 166 valence electrons. The van der Waals surface area contributed by atoms with Crippen LogP contribution in [0.1, 0.15) is 5.56 Å². The molecule has 0 saturated carbocycles. The van der Waals surface area contributed by atoms with Crippen molar-refractivity contribution in [2.75, 3.05) is 14.1 Å². The van der Waals surface area contributed by atoms with Gasteiger partial charge in [-0.15, -0.1) is 0 Å². The highest BCUT2D eigenvalue weighted by Crippen LogP contribution is 2.32. The molecule has 0 spiro atoms. The molecule has 0 bridgehead atoms. The van der Waals surface area contributed by atoms with E-state index in [1.807, 2.05) is 42.5 Å². The number of amides is 1. The molecule has 1 amide bonds. The van der Waals surface area contributed by atoms with Crippen molar-refractivity contribution in [1.29, 1.82) is 0 Å². The Morgan fingerprint density at radius 2 is 1.41 bits per heavy atom. The van der Waals surface area contributed by atoms with Crippen LogP contribution in [-0.4, -0.2) is 34.3 Å². The van der Waals surface area contributed by atoms with Crippen molar-refractivity contribution in [3.63, 3.8) is 0 Å². The van der Waals surface area contributed by atoms with E-state index in [1.54, 1.807) is 25.1 Å². The van der Waals surface area contributed by atoms with Crippen molar-refractivity contribution >= 4 is 17.6 Å². The van der Waals surface area contributed by atoms with E-state index in [4.69, 9.17) is 4.98 Å². The molecule has 34 heavy (non-hydrogen) atoms. The van der Waals surface area contributed by atoms with Crippen LogP contribution in [0, 0.1) is 0 Å². The lowest BCUT2D eigenvalue weighted by molar-refractivity contribution is -0.123. The number of carbonyl (C=O) groups is 1. The first kappa shape index (κ1) is 21.4. The maximum absolute atomic E-state index is 11.8. The van der Waals surface area contributed by atoms with Crippen LogP contribution in [0.4, 0.5) is 0 Å². The minimum Gasteiger partial charge on any atom is -0.345 e. The number of aromatic nitrogens is 2. The van der Waals surface area contributed by atoms with E-state index in [0.717, 1.165) is 39.2 Å². The van der Waals surface area contributed by atoms with Gasteiger partial charge in [-0.1, -0.05) is 84.9 Å². The van der Waals surface area contributed by atoms with E-state index in [1.165, 1.54) is 5.56 Å². The van der Waals surface area contributed by atoms with E-state index in [2.05, 4.69) is 71.4 Å². The van der Waals surface area contributed by atoms with Crippen molar-refractivity contribution in [1.82, 2.24) is 14.3 Å². The minimum atomic E-state index is -0.0351. The highest BCUT2D eigenvalue weighted by Gasteiger charge is 2.13. The Labute approximate surface area is 199 Å². The third-order valence-corrected chi connectivity index (χ3v) is 5.81. The average Bonchev–Trinajstić information content (AvgIpc) is 3.32. The van der Waals surface area contributed by atoms with E-state index >= 15 is 0 Å². The van der Waals surface area contributed by atoms with Gasteiger partial charge in [0.25, 0.3) is 0 Å². The molecule has 4 nitrogen and oxygen atoms in total. The number of rotatable bonds is 5. The van der Waals surface area contributed by atoms with Gasteiger partial charge in [-0.25, -0.2) is 4.98 Å². The van der Waals surface area contributed by atoms with E-state index < -0.39 is 0 Å². The number of hydrogen-bond acceptors (Lipinski definition) is 2. The molecule has 0 radical (unpaired) electrons. The van der Waals surface area contributed by atoms with Crippen LogP contribution in [0.15, 0.2) is 109 Å². The van der Waals surface area contributed by atoms with Crippen LogP contribution in [0.2, 0.25) is 0 Å². The maximum atomic E-state index is 11.8. The first-order chi connectivity index (χ1) is 16.6. The van der Waals surface area contributed by atoms with Gasteiger partial charge >= 0.3 is 0 Å². The highest BCUT2D eigenvalue weighted by atomic mass is 16.2. The van der Waals surface area contributed by atoms with Crippen LogP contribution in [-0.2, 0) is 4.79 Å². The van der Waals surface area contributed by atoms with Gasteiger partial charge in [-0.05, 0) is 34.4 Å². The summed E-state index contributed by atoms with van der Waals surface area (Å²) in [5.41, 5.74) is 8.36. The summed E-state index contributed by atoms with van der Waals surface area (Å²) in [6.07, 6.45) is 7.62. The molecule has 4 heteroatoms. The van der Waals surface area contributed by atoms with Crippen LogP contribution >= 0.6 is 0 Å². The number of carbonyl (C=O) groups excluding carboxylic acids is 1. The standard InChI is InChI=1S/C30H25N3O/c1-32(2)29(34)18-15-22-13-16-25(17-14-22)28-21-33-20-26(23-9-5-3-6-10-23)19-27(30(33)31-28)24-11-7-4-8-12-24/h3-21H,1-2H3. The van der Waals surface area contributed by atoms with Crippen molar-refractivity contribution in [2.24, 2.45) is 0 Å². The highest BCUT2D eigenvalue weighted by molar-refractivity contribution is 5.91. The normalized spacial score (nSPS) is 11.2. The number of benzene rings is 3. The Balaban J connectivity index is 1.57. The lowest BCUT2D eigenvalue weighted by atomic mass is 10.0. The number of likely N-dealkylation sites (N-methyl/N-ethyl adjacent to an activating group) is 1. The SMILES string of the molecule is CN(C)C(=O)C=Cc1ccc(-c2cn3cc(-c4ccccc4)cc(-c4ccccc4)c3n2)cc1. The van der Waals surface area contributed by atoms with E-state index in [0.29, 0.717) is 0 Å². The summed E-state index contributed by atoms with van der Waals surface area (Å²) in [5.74, 6) is -0.0351. The number of fused-ring (bicyclic) bond motifs is 1. The Kier molecular flexibility index (Phi) is 5.79. The molecule has 0 N–H and O–H groups in total. The number of hydrogen-bond donors (Lipinski definition) is 0. The second-order valence-corrected chi connectivity index (χ2v) is 8.42. The third kappa shape index (κ3) is 4.39. The first-order valence-electron chi connectivity index (χ1n) is 11.2.